The molecular weight excluding hydrogens is 396 g/mol. The molecular formula is C24H28N2OS2. The molecule has 2 aromatic heterocycles. The lowest BCUT2D eigenvalue weighted by Crippen LogP contribution is -2.35. The number of anilines is 1. The highest BCUT2D eigenvalue weighted by atomic mass is 32.1. The Balaban J connectivity index is 1.77. The number of amides is 1. The summed E-state index contributed by atoms with van der Waals surface area (Å²) in [4.78, 5) is 17.4. The van der Waals surface area contributed by atoms with Crippen LogP contribution in [0.1, 0.15) is 62.1 Å². The monoisotopic (exact) mass is 424 g/mol. The predicted octanol–water partition coefficient (Wildman–Crippen LogP) is 6.56. The fourth-order valence-electron chi connectivity index (χ4n) is 4.12. The molecule has 1 aliphatic rings. The van der Waals surface area contributed by atoms with Crippen LogP contribution in [0, 0.1) is 20.8 Å². The molecule has 1 aliphatic heterocycles. The van der Waals surface area contributed by atoms with Gasteiger partial charge in [-0.15, -0.1) is 22.7 Å². The molecule has 1 amide bonds. The van der Waals surface area contributed by atoms with Gasteiger partial charge in [0, 0.05) is 10.4 Å². The number of aryl methyl sites for hydroxylation is 2. The molecule has 0 aliphatic carbocycles. The van der Waals surface area contributed by atoms with Gasteiger partial charge in [-0.1, -0.05) is 42.3 Å². The summed E-state index contributed by atoms with van der Waals surface area (Å²) < 4.78 is 0. The number of hydrogen-bond donors (Lipinski definition) is 1. The van der Waals surface area contributed by atoms with E-state index in [1.54, 1.807) is 11.3 Å². The maximum Gasteiger partial charge on any atom is 0.266 e. The molecule has 5 heteroatoms. The van der Waals surface area contributed by atoms with Crippen LogP contribution >= 0.6 is 22.7 Å². The van der Waals surface area contributed by atoms with Crippen LogP contribution in [0.2, 0.25) is 0 Å². The van der Waals surface area contributed by atoms with E-state index >= 15 is 0 Å². The number of nitrogens with zero attached hydrogens (tertiary/aromatic N) is 1. The molecule has 0 radical (unpaired) electrons. The average Bonchev–Trinajstić information content (AvgIpc) is 3.35. The number of carbonyl (C=O) groups excluding carboxylic acids is 1. The molecule has 4 rings (SSSR count). The number of benzene rings is 1. The number of rotatable bonds is 5. The number of nitrogens with one attached hydrogen (secondary N) is 1. The Labute approximate surface area is 181 Å². The van der Waals surface area contributed by atoms with Crippen molar-refractivity contribution in [1.29, 1.82) is 0 Å². The molecule has 0 spiro atoms. The maximum absolute atomic E-state index is 12.8. The molecule has 1 unspecified atom stereocenters. The first-order valence-electron chi connectivity index (χ1n) is 10.3. The van der Waals surface area contributed by atoms with Crippen LogP contribution in [0.4, 0.5) is 5.00 Å². The van der Waals surface area contributed by atoms with E-state index < -0.39 is 0 Å². The van der Waals surface area contributed by atoms with E-state index in [0.29, 0.717) is 0 Å². The van der Waals surface area contributed by atoms with Crippen LogP contribution in [0.3, 0.4) is 0 Å². The van der Waals surface area contributed by atoms with Crippen LogP contribution in [0.15, 0.2) is 41.8 Å². The highest BCUT2D eigenvalue weighted by Gasteiger charge is 2.30. The Kier molecular flexibility index (Phi) is 6.18. The molecule has 29 heavy (non-hydrogen) atoms. The van der Waals surface area contributed by atoms with E-state index in [9.17, 15) is 4.79 Å². The second-order valence-electron chi connectivity index (χ2n) is 7.87. The molecule has 0 saturated carbocycles. The van der Waals surface area contributed by atoms with Gasteiger partial charge in [0.05, 0.1) is 10.9 Å². The average molecular weight is 425 g/mol. The van der Waals surface area contributed by atoms with Crippen molar-refractivity contribution >= 4 is 33.6 Å². The molecule has 0 bridgehead atoms. The quantitative estimate of drug-likeness (QED) is 0.503. The Morgan fingerprint density at radius 2 is 1.76 bits per heavy atom. The van der Waals surface area contributed by atoms with Crippen molar-refractivity contribution in [3.05, 3.63) is 73.8 Å². The third-order valence-electron chi connectivity index (χ3n) is 5.83. The predicted molar refractivity (Wildman–Crippen MR) is 125 cm³/mol. The van der Waals surface area contributed by atoms with Crippen molar-refractivity contribution in [3.8, 4) is 0 Å². The summed E-state index contributed by atoms with van der Waals surface area (Å²) in [6.45, 7) is 8.70. The van der Waals surface area contributed by atoms with E-state index in [0.717, 1.165) is 23.0 Å². The zero-order valence-electron chi connectivity index (χ0n) is 17.3. The Hall–Kier alpha value is -1.95. The van der Waals surface area contributed by atoms with Crippen LogP contribution in [0.5, 0.6) is 0 Å². The van der Waals surface area contributed by atoms with Gasteiger partial charge in [-0.3, -0.25) is 9.69 Å². The normalized spacial score (nSPS) is 16.0. The summed E-state index contributed by atoms with van der Waals surface area (Å²) >= 11 is 3.19. The van der Waals surface area contributed by atoms with Crippen LogP contribution in [-0.4, -0.2) is 23.9 Å². The first kappa shape index (κ1) is 20.3. The summed E-state index contributed by atoms with van der Waals surface area (Å²) in [5.41, 5.74) is 5.15. The summed E-state index contributed by atoms with van der Waals surface area (Å²) in [6, 6.07) is 12.9. The smallest absolute Gasteiger partial charge is 0.266 e. The first-order chi connectivity index (χ1) is 14.0. The van der Waals surface area contributed by atoms with Crippen molar-refractivity contribution < 1.29 is 4.79 Å². The maximum atomic E-state index is 12.8. The largest absolute Gasteiger partial charge is 0.313 e. The third-order valence-corrected chi connectivity index (χ3v) is 7.83. The first-order valence-corrected chi connectivity index (χ1v) is 12.0. The molecule has 3 aromatic rings. The van der Waals surface area contributed by atoms with Gasteiger partial charge in [-0.25, -0.2) is 0 Å². The van der Waals surface area contributed by atoms with E-state index in [1.165, 1.54) is 57.7 Å². The fourth-order valence-corrected chi connectivity index (χ4v) is 5.83. The molecule has 1 aromatic carbocycles. The van der Waals surface area contributed by atoms with Gasteiger partial charge < -0.3 is 5.32 Å². The Morgan fingerprint density at radius 1 is 1.03 bits per heavy atom. The van der Waals surface area contributed by atoms with E-state index in [2.05, 4.69) is 55.3 Å². The minimum atomic E-state index is -0.0104. The lowest BCUT2D eigenvalue weighted by Gasteiger charge is -2.36. The summed E-state index contributed by atoms with van der Waals surface area (Å²) in [5, 5.41) is 6.18. The minimum absolute atomic E-state index is 0.0104. The van der Waals surface area contributed by atoms with E-state index in [-0.39, 0.29) is 11.9 Å². The van der Waals surface area contributed by atoms with Gasteiger partial charge in [0.15, 0.2) is 0 Å². The fraction of sp³-hybridized carbons (Fsp3) is 0.375. The second kappa shape index (κ2) is 8.82. The van der Waals surface area contributed by atoms with Gasteiger partial charge in [-0.05, 0) is 69.3 Å². The van der Waals surface area contributed by atoms with Gasteiger partial charge in [0.25, 0.3) is 5.91 Å². The Morgan fingerprint density at radius 3 is 2.41 bits per heavy atom. The van der Waals surface area contributed by atoms with Gasteiger partial charge in [0.1, 0.15) is 5.00 Å². The van der Waals surface area contributed by atoms with E-state index in [1.807, 2.05) is 17.5 Å². The zero-order chi connectivity index (χ0) is 20.4. The number of likely N-dealkylation sites (tertiary alicyclic amines) is 1. The van der Waals surface area contributed by atoms with Crippen molar-refractivity contribution in [2.45, 2.75) is 46.1 Å². The summed E-state index contributed by atoms with van der Waals surface area (Å²) in [6.07, 6.45) is 3.78. The lowest BCUT2D eigenvalue weighted by atomic mass is 9.92. The van der Waals surface area contributed by atoms with E-state index in [4.69, 9.17) is 0 Å². The summed E-state index contributed by atoms with van der Waals surface area (Å²) in [7, 11) is 0. The van der Waals surface area contributed by atoms with Crippen LogP contribution in [0.25, 0.3) is 0 Å². The molecule has 3 nitrogen and oxygen atoms in total. The zero-order valence-corrected chi connectivity index (χ0v) is 19.0. The lowest BCUT2D eigenvalue weighted by molar-refractivity contribution is 0.103. The number of carbonyl (C=O) groups is 1. The van der Waals surface area contributed by atoms with Crippen molar-refractivity contribution in [1.82, 2.24) is 4.90 Å². The number of piperidine rings is 1. The molecule has 1 saturated heterocycles. The van der Waals surface area contributed by atoms with Crippen LogP contribution < -0.4 is 5.32 Å². The van der Waals surface area contributed by atoms with Gasteiger partial charge in [-0.2, -0.15) is 0 Å². The molecule has 1 atom stereocenters. The highest BCUT2D eigenvalue weighted by Crippen LogP contribution is 2.43. The highest BCUT2D eigenvalue weighted by molar-refractivity contribution is 7.17. The summed E-state index contributed by atoms with van der Waals surface area (Å²) in [5.74, 6) is -0.0104. The molecule has 152 valence electrons. The SMILES string of the molecule is Cc1ccc(C(c2c(NC(=O)c3cccs3)sc(C)c2C)N2CCCCC2)cc1. The minimum Gasteiger partial charge on any atom is -0.313 e. The van der Waals surface area contributed by atoms with Crippen molar-refractivity contribution in [2.24, 2.45) is 0 Å². The topological polar surface area (TPSA) is 32.3 Å². The molecule has 1 fully saturated rings. The third kappa shape index (κ3) is 4.32. The molecule has 3 heterocycles. The standard InChI is InChI=1S/C24H28N2OS2/c1-16-9-11-19(12-10-16)22(26-13-5-4-6-14-26)21-17(2)18(3)29-24(21)25-23(27)20-8-7-15-28-20/h7-12,15,22H,4-6,13-14H2,1-3H3,(H,25,27). The van der Waals surface area contributed by atoms with Gasteiger partial charge in [0.2, 0.25) is 0 Å². The molecule has 1 N–H and O–H groups in total. The number of thiophene rings is 2. The second-order valence-corrected chi connectivity index (χ2v) is 10.0. The van der Waals surface area contributed by atoms with Crippen molar-refractivity contribution in [2.75, 3.05) is 18.4 Å². The number of hydrogen-bond acceptors (Lipinski definition) is 4. The van der Waals surface area contributed by atoms with Crippen molar-refractivity contribution in [3.63, 3.8) is 0 Å². The van der Waals surface area contributed by atoms with Gasteiger partial charge >= 0.3 is 0 Å². The Bertz CT molecular complexity index is 967. The van der Waals surface area contributed by atoms with Crippen LogP contribution in [-0.2, 0) is 0 Å².